The SMILES string of the molecule is COc1ccc(C(=O)Nc2nc(-c3cccs3)c(-c3ccccc3)s2)cc1Br. The highest BCUT2D eigenvalue weighted by Crippen LogP contribution is 2.40. The topological polar surface area (TPSA) is 51.2 Å². The number of rotatable bonds is 5. The van der Waals surface area contributed by atoms with E-state index >= 15 is 0 Å². The van der Waals surface area contributed by atoms with Crippen LogP contribution in [-0.4, -0.2) is 18.0 Å². The second kappa shape index (κ2) is 8.26. The van der Waals surface area contributed by atoms with Crippen LogP contribution in [0.3, 0.4) is 0 Å². The van der Waals surface area contributed by atoms with Gasteiger partial charge in [-0.15, -0.1) is 11.3 Å². The second-order valence-electron chi connectivity index (χ2n) is 5.84. The van der Waals surface area contributed by atoms with Crippen molar-refractivity contribution in [2.24, 2.45) is 0 Å². The lowest BCUT2D eigenvalue weighted by Crippen LogP contribution is -2.11. The Kier molecular flexibility index (Phi) is 5.57. The van der Waals surface area contributed by atoms with Crippen molar-refractivity contribution in [3.05, 3.63) is 76.1 Å². The van der Waals surface area contributed by atoms with Gasteiger partial charge in [-0.05, 0) is 51.1 Å². The minimum absolute atomic E-state index is 0.213. The van der Waals surface area contributed by atoms with Gasteiger partial charge in [-0.25, -0.2) is 4.98 Å². The zero-order valence-corrected chi connectivity index (χ0v) is 18.0. The number of hydrogen-bond acceptors (Lipinski definition) is 5. The maximum atomic E-state index is 12.7. The molecular formula is C21H15BrN2O2S2. The number of halogens is 1. The summed E-state index contributed by atoms with van der Waals surface area (Å²) in [6.45, 7) is 0. The fourth-order valence-electron chi connectivity index (χ4n) is 2.72. The largest absolute Gasteiger partial charge is 0.496 e. The number of ether oxygens (including phenoxy) is 1. The Labute approximate surface area is 179 Å². The molecule has 0 aliphatic carbocycles. The molecule has 0 bridgehead atoms. The molecule has 0 saturated carbocycles. The summed E-state index contributed by atoms with van der Waals surface area (Å²) in [6, 6.07) is 19.4. The van der Waals surface area contributed by atoms with E-state index in [0.717, 1.165) is 25.5 Å². The van der Waals surface area contributed by atoms with Crippen LogP contribution in [0.2, 0.25) is 0 Å². The smallest absolute Gasteiger partial charge is 0.257 e. The summed E-state index contributed by atoms with van der Waals surface area (Å²) in [5, 5.41) is 5.52. The molecule has 1 amide bonds. The summed E-state index contributed by atoms with van der Waals surface area (Å²) in [5.74, 6) is 0.464. The molecule has 0 atom stereocenters. The molecule has 4 aromatic rings. The van der Waals surface area contributed by atoms with Crippen LogP contribution >= 0.6 is 38.6 Å². The second-order valence-corrected chi connectivity index (χ2v) is 8.64. The van der Waals surface area contributed by atoms with Crippen LogP contribution in [0.5, 0.6) is 5.75 Å². The normalized spacial score (nSPS) is 10.6. The Hall–Kier alpha value is -2.48. The molecule has 0 unspecified atom stereocenters. The van der Waals surface area contributed by atoms with Gasteiger partial charge in [0.05, 0.1) is 21.3 Å². The number of carbonyl (C=O) groups excluding carboxylic acids is 1. The number of benzene rings is 2. The molecule has 7 heteroatoms. The third-order valence-electron chi connectivity index (χ3n) is 4.05. The molecule has 0 aliphatic heterocycles. The van der Waals surface area contributed by atoms with Gasteiger partial charge in [0.2, 0.25) is 0 Å². The van der Waals surface area contributed by atoms with Crippen molar-refractivity contribution in [3.8, 4) is 26.8 Å². The summed E-state index contributed by atoms with van der Waals surface area (Å²) in [7, 11) is 1.59. The fourth-order valence-corrected chi connectivity index (χ4v) is 5.02. The number of nitrogens with one attached hydrogen (secondary N) is 1. The Morgan fingerprint density at radius 3 is 2.61 bits per heavy atom. The molecule has 4 rings (SSSR count). The number of thiophene rings is 1. The number of amides is 1. The van der Waals surface area contributed by atoms with Gasteiger partial charge in [0.15, 0.2) is 5.13 Å². The van der Waals surface area contributed by atoms with Crippen LogP contribution in [-0.2, 0) is 0 Å². The minimum atomic E-state index is -0.213. The summed E-state index contributed by atoms with van der Waals surface area (Å²) in [6.07, 6.45) is 0. The highest BCUT2D eigenvalue weighted by atomic mass is 79.9. The monoisotopic (exact) mass is 470 g/mol. The first-order chi connectivity index (χ1) is 13.7. The average Bonchev–Trinajstić information content (AvgIpc) is 3.38. The van der Waals surface area contributed by atoms with Gasteiger partial charge in [0.25, 0.3) is 5.91 Å². The van der Waals surface area contributed by atoms with Crippen molar-refractivity contribution in [2.75, 3.05) is 12.4 Å². The van der Waals surface area contributed by atoms with Crippen LogP contribution in [0.25, 0.3) is 21.0 Å². The Morgan fingerprint density at radius 2 is 1.93 bits per heavy atom. The molecule has 2 heterocycles. The van der Waals surface area contributed by atoms with E-state index < -0.39 is 0 Å². The molecule has 2 aromatic carbocycles. The van der Waals surface area contributed by atoms with Gasteiger partial charge in [-0.1, -0.05) is 47.7 Å². The van der Waals surface area contributed by atoms with E-state index in [0.29, 0.717) is 16.4 Å². The van der Waals surface area contributed by atoms with Crippen LogP contribution in [0.4, 0.5) is 5.13 Å². The van der Waals surface area contributed by atoms with Gasteiger partial charge in [0, 0.05) is 5.56 Å². The number of thiazole rings is 1. The predicted octanol–water partition coefficient (Wildman–Crippen LogP) is 6.56. The third kappa shape index (κ3) is 3.87. The zero-order valence-electron chi connectivity index (χ0n) is 14.8. The van der Waals surface area contributed by atoms with Gasteiger partial charge in [0.1, 0.15) is 11.4 Å². The Bertz CT molecular complexity index is 1110. The van der Waals surface area contributed by atoms with Crippen molar-refractivity contribution in [3.63, 3.8) is 0 Å². The highest BCUT2D eigenvalue weighted by Gasteiger charge is 2.18. The van der Waals surface area contributed by atoms with Crippen molar-refractivity contribution >= 4 is 49.6 Å². The number of nitrogens with zero attached hydrogens (tertiary/aromatic N) is 1. The van der Waals surface area contributed by atoms with Gasteiger partial charge < -0.3 is 4.74 Å². The maximum absolute atomic E-state index is 12.7. The van der Waals surface area contributed by atoms with Crippen molar-refractivity contribution in [1.29, 1.82) is 0 Å². The van der Waals surface area contributed by atoms with E-state index in [-0.39, 0.29) is 5.91 Å². The number of anilines is 1. The lowest BCUT2D eigenvalue weighted by Gasteiger charge is -2.06. The molecule has 28 heavy (non-hydrogen) atoms. The van der Waals surface area contributed by atoms with E-state index in [9.17, 15) is 4.79 Å². The summed E-state index contributed by atoms with van der Waals surface area (Å²) in [4.78, 5) is 19.5. The third-order valence-corrected chi connectivity index (χ3v) is 6.57. The molecule has 0 saturated heterocycles. The van der Waals surface area contributed by atoms with E-state index in [2.05, 4.69) is 33.4 Å². The molecule has 1 N–H and O–H groups in total. The minimum Gasteiger partial charge on any atom is -0.496 e. The maximum Gasteiger partial charge on any atom is 0.257 e. The molecular weight excluding hydrogens is 456 g/mol. The highest BCUT2D eigenvalue weighted by molar-refractivity contribution is 9.10. The van der Waals surface area contributed by atoms with Gasteiger partial charge in [-0.2, -0.15) is 0 Å². The summed E-state index contributed by atoms with van der Waals surface area (Å²) in [5.41, 5.74) is 2.50. The van der Waals surface area contributed by atoms with Crippen molar-refractivity contribution < 1.29 is 9.53 Å². The fraction of sp³-hybridized carbons (Fsp3) is 0.0476. The molecule has 2 aromatic heterocycles. The lowest BCUT2D eigenvalue weighted by atomic mass is 10.1. The standard InChI is InChI=1S/C21H15BrN2O2S2/c1-26-16-10-9-14(12-15(16)22)20(25)24-21-23-18(17-8-5-11-27-17)19(28-21)13-6-3-2-4-7-13/h2-12H,1H3,(H,23,24,25). The first-order valence-electron chi connectivity index (χ1n) is 8.40. The molecule has 140 valence electrons. The molecule has 0 fully saturated rings. The van der Waals surface area contributed by atoms with Crippen LogP contribution in [0.15, 0.2) is 70.5 Å². The van der Waals surface area contributed by atoms with E-state index in [1.165, 1.54) is 11.3 Å². The summed E-state index contributed by atoms with van der Waals surface area (Å²) < 4.78 is 5.95. The van der Waals surface area contributed by atoms with E-state index in [4.69, 9.17) is 9.72 Å². The number of methoxy groups -OCH3 is 1. The number of aromatic nitrogens is 1. The number of hydrogen-bond donors (Lipinski definition) is 1. The quantitative estimate of drug-likeness (QED) is 0.359. The average molecular weight is 471 g/mol. The number of carbonyl (C=O) groups is 1. The lowest BCUT2D eigenvalue weighted by molar-refractivity contribution is 0.102. The van der Waals surface area contributed by atoms with Crippen molar-refractivity contribution in [1.82, 2.24) is 4.98 Å². The Morgan fingerprint density at radius 1 is 1.11 bits per heavy atom. The first-order valence-corrected chi connectivity index (χ1v) is 10.9. The van der Waals surface area contributed by atoms with Gasteiger partial charge in [-0.3, -0.25) is 10.1 Å². The zero-order chi connectivity index (χ0) is 19.5. The van der Waals surface area contributed by atoms with Crippen LogP contribution in [0.1, 0.15) is 10.4 Å². The Balaban J connectivity index is 1.67. The van der Waals surface area contributed by atoms with Gasteiger partial charge >= 0.3 is 0 Å². The molecule has 4 nitrogen and oxygen atoms in total. The summed E-state index contributed by atoms with van der Waals surface area (Å²) >= 11 is 6.52. The van der Waals surface area contributed by atoms with E-state index in [1.807, 2.05) is 35.7 Å². The van der Waals surface area contributed by atoms with Crippen LogP contribution < -0.4 is 10.1 Å². The van der Waals surface area contributed by atoms with E-state index in [1.54, 1.807) is 36.6 Å². The predicted molar refractivity (Wildman–Crippen MR) is 120 cm³/mol. The molecule has 0 aliphatic rings. The first kappa shape index (κ1) is 18.9. The van der Waals surface area contributed by atoms with Crippen LogP contribution in [0, 0.1) is 0 Å². The van der Waals surface area contributed by atoms with Crippen molar-refractivity contribution in [2.45, 2.75) is 0 Å². The molecule has 0 spiro atoms. The molecule has 0 radical (unpaired) electrons.